The smallest absolute Gasteiger partial charge is 1.00 e. The molecule has 0 spiro atoms. The van der Waals surface area contributed by atoms with Gasteiger partial charge in [0.1, 0.15) is 0 Å². The van der Waals surface area contributed by atoms with Gasteiger partial charge in [-0.15, -0.1) is 11.3 Å². The monoisotopic (exact) mass is 220 g/mol. The number of aldehydes is 1. The summed E-state index contributed by atoms with van der Waals surface area (Å²) in [5, 5.41) is 11.3. The van der Waals surface area contributed by atoms with Gasteiger partial charge in [0, 0.05) is 12.1 Å². The zero-order valence-electron chi connectivity index (χ0n) is 10.1. The van der Waals surface area contributed by atoms with Crippen LogP contribution in [0.25, 0.3) is 0 Å². The first kappa shape index (κ1) is 15.0. The van der Waals surface area contributed by atoms with E-state index in [0.29, 0.717) is 16.9 Å². The van der Waals surface area contributed by atoms with Gasteiger partial charge in [-0.3, -0.25) is 4.79 Å². The van der Waals surface area contributed by atoms with Crippen molar-refractivity contribution in [2.24, 2.45) is 0 Å². The second kappa shape index (κ2) is 8.14. The molecule has 6 heteroatoms. The molecule has 1 N–H and O–H groups in total. The first-order valence-electron chi connectivity index (χ1n) is 4.61. The zero-order chi connectivity index (χ0) is 10.4. The fourth-order valence-corrected chi connectivity index (χ4v) is 1.78. The van der Waals surface area contributed by atoms with Crippen LogP contribution in [0.2, 0.25) is 0 Å². The van der Waals surface area contributed by atoms with E-state index in [2.05, 4.69) is 6.92 Å². The molecule has 78 valence electrons. The van der Waals surface area contributed by atoms with Gasteiger partial charge in [0.2, 0.25) is 0 Å². The molecular weight excluding hydrogens is 206 g/mol. The minimum atomic E-state index is -0.965. The van der Waals surface area contributed by atoms with Crippen molar-refractivity contribution in [1.29, 1.82) is 0 Å². The summed E-state index contributed by atoms with van der Waals surface area (Å²) in [5.41, 5.74) is 0.570. The fraction of sp³-hybridized carbons (Fsp3) is 0.444. The van der Waals surface area contributed by atoms with Crippen LogP contribution < -0.4 is 24.3 Å². The summed E-state index contributed by atoms with van der Waals surface area (Å²) in [6.07, 6.45) is 2.68. The maximum Gasteiger partial charge on any atom is 1.00 e. The van der Waals surface area contributed by atoms with Crippen LogP contribution >= 0.6 is 11.3 Å². The Hall–Kier alpha value is -0.0477. The molecule has 1 rings (SSSR count). The Kier molecular flexibility index (Phi) is 8.12. The number of carbonyl (C=O) groups excluding carboxylic acids is 1. The molecule has 0 saturated carbocycles. The summed E-state index contributed by atoms with van der Waals surface area (Å²) in [5.74, 6) is 0. The Balaban J connectivity index is 0. The van der Waals surface area contributed by atoms with Crippen LogP contribution in [0.3, 0.4) is 0 Å². The first-order valence-corrected chi connectivity index (χ1v) is 5.49. The Morgan fingerprint density at radius 2 is 2.47 bits per heavy atom. The SMILES string of the molecule is CCCCOB(O)c1ccsc1C=O.[H-].[Li+]. The van der Waals surface area contributed by atoms with Crippen molar-refractivity contribution in [1.82, 2.24) is 0 Å². The Labute approximate surface area is 108 Å². The van der Waals surface area contributed by atoms with Crippen molar-refractivity contribution in [2.45, 2.75) is 19.8 Å². The van der Waals surface area contributed by atoms with Crippen molar-refractivity contribution < 1.29 is 34.8 Å². The Morgan fingerprint density at radius 3 is 3.07 bits per heavy atom. The van der Waals surface area contributed by atoms with Crippen molar-refractivity contribution in [3.63, 3.8) is 0 Å². The number of hydrogen-bond acceptors (Lipinski definition) is 4. The van der Waals surface area contributed by atoms with Crippen LogP contribution in [0.5, 0.6) is 0 Å². The van der Waals surface area contributed by atoms with Crippen LogP contribution in [0.15, 0.2) is 11.4 Å². The molecule has 0 aliphatic carbocycles. The van der Waals surface area contributed by atoms with Gasteiger partial charge in [-0.25, -0.2) is 0 Å². The van der Waals surface area contributed by atoms with E-state index in [1.54, 1.807) is 11.4 Å². The topological polar surface area (TPSA) is 46.5 Å². The summed E-state index contributed by atoms with van der Waals surface area (Å²) in [6, 6.07) is 1.71. The van der Waals surface area contributed by atoms with E-state index in [1.807, 2.05) is 0 Å². The summed E-state index contributed by atoms with van der Waals surface area (Å²) in [7, 11) is -0.965. The van der Waals surface area contributed by atoms with Gasteiger partial charge in [0.25, 0.3) is 0 Å². The molecule has 15 heavy (non-hydrogen) atoms. The molecule has 3 nitrogen and oxygen atoms in total. The third-order valence-electron chi connectivity index (χ3n) is 1.87. The van der Waals surface area contributed by atoms with Crippen LogP contribution in [0.4, 0.5) is 0 Å². The maximum atomic E-state index is 10.6. The minimum Gasteiger partial charge on any atom is -1.00 e. The molecule has 0 atom stereocenters. The van der Waals surface area contributed by atoms with Gasteiger partial charge in [-0.2, -0.15) is 0 Å². The molecule has 0 unspecified atom stereocenters. The van der Waals surface area contributed by atoms with E-state index < -0.39 is 7.12 Å². The van der Waals surface area contributed by atoms with E-state index >= 15 is 0 Å². The van der Waals surface area contributed by atoms with Gasteiger partial charge in [0.05, 0.1) is 4.88 Å². The molecule has 0 fully saturated rings. The van der Waals surface area contributed by atoms with E-state index in [4.69, 9.17) is 4.65 Å². The number of carbonyl (C=O) groups is 1. The average molecular weight is 220 g/mol. The first-order chi connectivity index (χ1) is 6.79. The number of rotatable bonds is 6. The number of unbranched alkanes of at least 4 members (excludes halogenated alkanes) is 1. The Morgan fingerprint density at radius 1 is 1.73 bits per heavy atom. The quantitative estimate of drug-likeness (QED) is 0.349. The third-order valence-corrected chi connectivity index (χ3v) is 2.73. The van der Waals surface area contributed by atoms with Crippen LogP contribution in [0, 0.1) is 0 Å². The standard InChI is InChI=1S/C9H13BO3S.Li.H/c1-2-3-5-13-10(12)8-4-6-14-9(8)7-11;;/h4,6-7,12H,2-3,5H2,1H3;;/q;+1;-1. The molecule has 1 aromatic heterocycles. The van der Waals surface area contributed by atoms with E-state index in [-0.39, 0.29) is 20.3 Å². The molecule has 0 amide bonds. The summed E-state index contributed by atoms with van der Waals surface area (Å²) >= 11 is 1.31. The van der Waals surface area contributed by atoms with Gasteiger partial charge >= 0.3 is 26.0 Å². The van der Waals surface area contributed by atoms with Gasteiger partial charge < -0.3 is 11.1 Å². The van der Waals surface area contributed by atoms with Crippen LogP contribution in [-0.2, 0) is 4.65 Å². The third kappa shape index (κ3) is 4.54. The predicted octanol–water partition coefficient (Wildman–Crippen LogP) is -1.82. The van der Waals surface area contributed by atoms with Gasteiger partial charge in [0.15, 0.2) is 6.29 Å². The van der Waals surface area contributed by atoms with E-state index in [9.17, 15) is 9.82 Å². The molecule has 0 saturated heterocycles. The van der Waals surface area contributed by atoms with Crippen molar-refractivity contribution in [3.8, 4) is 0 Å². The zero-order valence-corrected chi connectivity index (χ0v) is 9.92. The van der Waals surface area contributed by atoms with E-state index in [1.165, 1.54) is 11.3 Å². The molecule has 0 bridgehead atoms. The molecular formula is C9H14BLiO3S. The second-order valence-electron chi connectivity index (χ2n) is 2.93. The number of thiophene rings is 1. The van der Waals surface area contributed by atoms with Crippen LogP contribution in [0.1, 0.15) is 30.9 Å². The summed E-state index contributed by atoms with van der Waals surface area (Å²) in [6.45, 7) is 2.57. The minimum absolute atomic E-state index is 0. The molecule has 1 aromatic rings. The Bertz CT molecular complexity index is 298. The second-order valence-corrected chi connectivity index (χ2v) is 3.88. The fourth-order valence-electron chi connectivity index (χ4n) is 1.06. The normalized spacial score (nSPS) is 9.47. The molecule has 0 radical (unpaired) electrons. The van der Waals surface area contributed by atoms with Gasteiger partial charge in [-0.05, 0) is 11.8 Å². The van der Waals surface area contributed by atoms with Crippen molar-refractivity contribution in [2.75, 3.05) is 6.61 Å². The number of hydrogen-bond donors (Lipinski definition) is 1. The summed E-state index contributed by atoms with van der Waals surface area (Å²) in [4.78, 5) is 11.1. The van der Waals surface area contributed by atoms with Crippen LogP contribution in [-0.4, -0.2) is 25.0 Å². The molecule has 1 heterocycles. The largest absolute Gasteiger partial charge is 1.00 e. The van der Waals surface area contributed by atoms with Gasteiger partial charge in [-0.1, -0.05) is 19.4 Å². The van der Waals surface area contributed by atoms with Crippen molar-refractivity contribution in [3.05, 3.63) is 16.3 Å². The molecule has 0 aromatic carbocycles. The van der Waals surface area contributed by atoms with E-state index in [0.717, 1.165) is 19.1 Å². The summed E-state index contributed by atoms with van der Waals surface area (Å²) < 4.78 is 5.17. The van der Waals surface area contributed by atoms with Crippen molar-refractivity contribution >= 4 is 30.2 Å². The predicted molar refractivity (Wildman–Crippen MR) is 59.3 cm³/mol. The molecule has 0 aliphatic rings. The maximum absolute atomic E-state index is 10.6. The average Bonchev–Trinajstić information content (AvgIpc) is 2.65. The molecule has 0 aliphatic heterocycles.